The van der Waals surface area contributed by atoms with Crippen LogP contribution in [0.25, 0.3) is 0 Å². The lowest BCUT2D eigenvalue weighted by molar-refractivity contribution is -0.119. The van der Waals surface area contributed by atoms with Gasteiger partial charge in [-0.2, -0.15) is 0 Å². The highest BCUT2D eigenvalue weighted by atomic mass is 32.2. The fraction of sp³-hybridized carbons (Fsp3) is 0.812. The first-order valence-electron chi connectivity index (χ1n) is 8.64. The van der Waals surface area contributed by atoms with Crippen LogP contribution in [0, 0.1) is 5.92 Å². The quantitative estimate of drug-likeness (QED) is 0.615. The van der Waals surface area contributed by atoms with Gasteiger partial charge in [-0.1, -0.05) is 36.9 Å². The van der Waals surface area contributed by atoms with E-state index in [1.807, 2.05) is 0 Å². The fourth-order valence-electron chi connectivity index (χ4n) is 2.45. The van der Waals surface area contributed by atoms with Crippen molar-refractivity contribution >= 4 is 34.1 Å². The molecule has 136 valence electrons. The van der Waals surface area contributed by atoms with Gasteiger partial charge in [0.15, 0.2) is 4.34 Å². The molecule has 1 aromatic heterocycles. The standard InChI is InChI=1S/C16H28N4O2S2/c1-11(2)6-7-12(3)18-14(21)10-23-16-20-19-15(24-16)17-9-13-5-4-8-22-13/h11-13H,4-10H2,1-3H3,(H,17,19)(H,18,21)/t12-,13-/m0/s1. The van der Waals surface area contributed by atoms with Crippen LogP contribution in [0.5, 0.6) is 0 Å². The van der Waals surface area contributed by atoms with Crippen LogP contribution < -0.4 is 10.6 Å². The van der Waals surface area contributed by atoms with Gasteiger partial charge < -0.3 is 15.4 Å². The molecule has 1 aliphatic rings. The van der Waals surface area contributed by atoms with E-state index in [0.29, 0.717) is 11.7 Å². The maximum Gasteiger partial charge on any atom is 0.230 e. The van der Waals surface area contributed by atoms with E-state index in [0.717, 1.165) is 48.3 Å². The molecule has 1 aromatic rings. The molecule has 2 rings (SSSR count). The van der Waals surface area contributed by atoms with Crippen LogP contribution in [0.1, 0.15) is 46.5 Å². The number of thioether (sulfide) groups is 1. The second-order valence-electron chi connectivity index (χ2n) is 6.62. The number of carbonyl (C=O) groups is 1. The summed E-state index contributed by atoms with van der Waals surface area (Å²) >= 11 is 2.92. The molecule has 8 heteroatoms. The molecule has 1 fully saturated rings. The summed E-state index contributed by atoms with van der Waals surface area (Å²) in [6, 6.07) is 0.221. The average Bonchev–Trinajstić information content (AvgIpc) is 3.20. The molecule has 0 bridgehead atoms. The minimum atomic E-state index is 0.0559. The van der Waals surface area contributed by atoms with Gasteiger partial charge in [-0.25, -0.2) is 0 Å². The Hall–Kier alpha value is -0.860. The Morgan fingerprint density at radius 3 is 2.92 bits per heavy atom. The van der Waals surface area contributed by atoms with E-state index >= 15 is 0 Å². The van der Waals surface area contributed by atoms with E-state index in [4.69, 9.17) is 4.74 Å². The van der Waals surface area contributed by atoms with E-state index in [1.165, 1.54) is 23.1 Å². The van der Waals surface area contributed by atoms with Crippen LogP contribution in [-0.2, 0) is 9.53 Å². The first-order valence-corrected chi connectivity index (χ1v) is 10.4. The molecule has 2 heterocycles. The second kappa shape index (κ2) is 10.2. The Morgan fingerprint density at radius 1 is 1.38 bits per heavy atom. The molecule has 2 atom stereocenters. The molecule has 1 amide bonds. The predicted octanol–water partition coefficient (Wildman–Crippen LogP) is 3.16. The molecule has 0 saturated carbocycles. The SMILES string of the molecule is CC(C)CC[C@H](C)NC(=O)CSc1nnc(NC[C@@H]2CCCO2)s1. The van der Waals surface area contributed by atoms with Crippen molar-refractivity contribution in [2.24, 2.45) is 5.92 Å². The smallest absolute Gasteiger partial charge is 0.230 e. The van der Waals surface area contributed by atoms with E-state index in [-0.39, 0.29) is 18.1 Å². The van der Waals surface area contributed by atoms with Crippen LogP contribution in [-0.4, -0.2) is 47.2 Å². The van der Waals surface area contributed by atoms with Crippen molar-refractivity contribution in [2.45, 2.75) is 62.9 Å². The number of aromatic nitrogens is 2. The molecule has 0 aliphatic carbocycles. The van der Waals surface area contributed by atoms with Gasteiger partial charge in [0.2, 0.25) is 11.0 Å². The monoisotopic (exact) mass is 372 g/mol. The van der Waals surface area contributed by atoms with Gasteiger partial charge in [0, 0.05) is 19.2 Å². The van der Waals surface area contributed by atoms with Crippen molar-refractivity contribution < 1.29 is 9.53 Å². The first kappa shape index (κ1) is 19.5. The molecule has 0 radical (unpaired) electrons. The highest BCUT2D eigenvalue weighted by Gasteiger charge is 2.16. The molecule has 6 nitrogen and oxygen atoms in total. The van der Waals surface area contributed by atoms with Crippen LogP contribution in [0.4, 0.5) is 5.13 Å². The molecule has 0 unspecified atom stereocenters. The number of ether oxygens (including phenoxy) is 1. The summed E-state index contributed by atoms with van der Waals surface area (Å²) in [4.78, 5) is 12.0. The minimum Gasteiger partial charge on any atom is -0.376 e. The summed E-state index contributed by atoms with van der Waals surface area (Å²) in [5, 5.41) is 15.3. The third-order valence-corrected chi connectivity index (χ3v) is 5.84. The predicted molar refractivity (Wildman–Crippen MR) is 99.8 cm³/mol. The Bertz CT molecular complexity index is 504. The summed E-state index contributed by atoms with van der Waals surface area (Å²) in [5.74, 6) is 1.10. The van der Waals surface area contributed by atoms with E-state index < -0.39 is 0 Å². The molecule has 2 N–H and O–H groups in total. The highest BCUT2D eigenvalue weighted by Crippen LogP contribution is 2.25. The molecular weight excluding hydrogens is 344 g/mol. The molecule has 0 aromatic carbocycles. The van der Waals surface area contributed by atoms with Gasteiger partial charge in [0.05, 0.1) is 11.9 Å². The minimum absolute atomic E-state index is 0.0559. The first-order chi connectivity index (χ1) is 11.5. The topological polar surface area (TPSA) is 76.1 Å². The Morgan fingerprint density at radius 2 is 2.21 bits per heavy atom. The van der Waals surface area contributed by atoms with Gasteiger partial charge in [-0.15, -0.1) is 10.2 Å². The number of anilines is 1. The Kier molecular flexibility index (Phi) is 8.28. The third kappa shape index (κ3) is 7.36. The maximum absolute atomic E-state index is 12.0. The van der Waals surface area contributed by atoms with Crippen molar-refractivity contribution in [1.82, 2.24) is 15.5 Å². The second-order valence-corrected chi connectivity index (χ2v) is 8.82. The zero-order chi connectivity index (χ0) is 17.4. The number of hydrogen-bond donors (Lipinski definition) is 2. The maximum atomic E-state index is 12.0. The number of amides is 1. The molecule has 1 aliphatic heterocycles. The van der Waals surface area contributed by atoms with E-state index in [1.54, 1.807) is 0 Å². The summed E-state index contributed by atoms with van der Waals surface area (Å²) in [6.07, 6.45) is 4.66. The largest absolute Gasteiger partial charge is 0.376 e. The molecule has 24 heavy (non-hydrogen) atoms. The van der Waals surface area contributed by atoms with Crippen molar-refractivity contribution in [3.05, 3.63) is 0 Å². The average molecular weight is 373 g/mol. The number of nitrogens with zero attached hydrogens (tertiary/aromatic N) is 2. The highest BCUT2D eigenvalue weighted by molar-refractivity contribution is 8.01. The summed E-state index contributed by atoms with van der Waals surface area (Å²) in [5.41, 5.74) is 0. The van der Waals surface area contributed by atoms with E-state index in [9.17, 15) is 4.79 Å². The van der Waals surface area contributed by atoms with Crippen LogP contribution in [0.15, 0.2) is 4.34 Å². The third-order valence-electron chi connectivity index (χ3n) is 3.82. The zero-order valence-corrected chi connectivity index (χ0v) is 16.3. The number of hydrogen-bond acceptors (Lipinski definition) is 7. The van der Waals surface area contributed by atoms with Crippen LogP contribution in [0.3, 0.4) is 0 Å². The van der Waals surface area contributed by atoms with Gasteiger partial charge in [0.25, 0.3) is 0 Å². The van der Waals surface area contributed by atoms with Crippen molar-refractivity contribution in [3.8, 4) is 0 Å². The normalized spacial score (nSPS) is 18.8. The van der Waals surface area contributed by atoms with Gasteiger partial charge in [-0.3, -0.25) is 4.79 Å². The number of carbonyl (C=O) groups excluding carboxylic acids is 1. The molecule has 1 saturated heterocycles. The van der Waals surface area contributed by atoms with Crippen molar-refractivity contribution in [1.29, 1.82) is 0 Å². The Balaban J connectivity index is 1.63. The Labute approximate surface area is 152 Å². The summed E-state index contributed by atoms with van der Waals surface area (Å²) in [6.45, 7) is 8.08. The molecular formula is C16H28N4O2S2. The molecule has 0 spiro atoms. The summed E-state index contributed by atoms with van der Waals surface area (Å²) < 4.78 is 6.38. The fourth-order valence-corrected chi connectivity index (χ4v) is 4.02. The number of rotatable bonds is 10. The lowest BCUT2D eigenvalue weighted by Gasteiger charge is -2.14. The van der Waals surface area contributed by atoms with Gasteiger partial charge in [0.1, 0.15) is 0 Å². The van der Waals surface area contributed by atoms with Gasteiger partial charge in [-0.05, 0) is 38.5 Å². The van der Waals surface area contributed by atoms with Crippen molar-refractivity contribution in [3.63, 3.8) is 0 Å². The van der Waals surface area contributed by atoms with Gasteiger partial charge >= 0.3 is 0 Å². The van der Waals surface area contributed by atoms with E-state index in [2.05, 4.69) is 41.6 Å². The lowest BCUT2D eigenvalue weighted by atomic mass is 10.0. The number of nitrogens with one attached hydrogen (secondary N) is 2. The zero-order valence-electron chi connectivity index (χ0n) is 14.7. The van der Waals surface area contributed by atoms with Crippen LogP contribution in [0.2, 0.25) is 0 Å². The van der Waals surface area contributed by atoms with Crippen LogP contribution >= 0.6 is 23.1 Å². The van der Waals surface area contributed by atoms with Crippen molar-refractivity contribution in [2.75, 3.05) is 24.2 Å². The lowest BCUT2D eigenvalue weighted by Crippen LogP contribution is -2.33. The summed E-state index contributed by atoms with van der Waals surface area (Å²) in [7, 11) is 0.